The Kier molecular flexibility index (Phi) is 4.24. The number of nitrogens with one attached hydrogen (secondary N) is 1. The molecule has 0 aliphatic heterocycles. The number of aromatic nitrogens is 2. The van der Waals surface area contributed by atoms with Gasteiger partial charge in [-0.2, -0.15) is 0 Å². The Morgan fingerprint density at radius 3 is 2.68 bits per heavy atom. The van der Waals surface area contributed by atoms with Gasteiger partial charge in [-0.15, -0.1) is 0 Å². The van der Waals surface area contributed by atoms with Crippen LogP contribution in [0.2, 0.25) is 0 Å². The highest BCUT2D eigenvalue weighted by Gasteiger charge is 2.25. The Labute approximate surface area is 146 Å². The van der Waals surface area contributed by atoms with Crippen molar-refractivity contribution in [1.82, 2.24) is 14.7 Å². The highest BCUT2D eigenvalue weighted by molar-refractivity contribution is 5.94. The molecule has 1 aliphatic rings. The van der Waals surface area contributed by atoms with Gasteiger partial charge in [-0.1, -0.05) is 43.2 Å². The normalized spacial score (nSPS) is 20.5. The van der Waals surface area contributed by atoms with E-state index in [1.807, 2.05) is 47.0 Å². The molecule has 2 unspecified atom stereocenters. The third kappa shape index (κ3) is 3.28. The van der Waals surface area contributed by atoms with Crippen LogP contribution in [-0.4, -0.2) is 32.5 Å². The van der Waals surface area contributed by atoms with Gasteiger partial charge in [0.1, 0.15) is 5.65 Å². The van der Waals surface area contributed by atoms with Crippen molar-refractivity contribution in [3.05, 3.63) is 60.4 Å². The lowest BCUT2D eigenvalue weighted by Gasteiger charge is -2.28. The molecule has 0 bridgehead atoms. The van der Waals surface area contributed by atoms with Crippen LogP contribution in [0.5, 0.6) is 0 Å². The van der Waals surface area contributed by atoms with E-state index < -0.39 is 6.10 Å². The van der Waals surface area contributed by atoms with E-state index in [4.69, 9.17) is 0 Å². The highest BCUT2D eigenvalue weighted by atomic mass is 16.3. The minimum absolute atomic E-state index is 0.150. The minimum Gasteiger partial charge on any atom is -0.391 e. The van der Waals surface area contributed by atoms with E-state index in [0.29, 0.717) is 5.56 Å². The first-order chi connectivity index (χ1) is 12.2. The summed E-state index contributed by atoms with van der Waals surface area (Å²) in [5.41, 5.74) is 3.29. The molecule has 2 N–H and O–H groups in total. The monoisotopic (exact) mass is 335 g/mol. The van der Waals surface area contributed by atoms with Gasteiger partial charge in [-0.05, 0) is 25.0 Å². The van der Waals surface area contributed by atoms with Crippen LogP contribution in [-0.2, 0) is 0 Å². The summed E-state index contributed by atoms with van der Waals surface area (Å²) in [6.07, 6.45) is 6.93. The molecule has 2 aromatic heterocycles. The number of hydrogen-bond donors (Lipinski definition) is 2. The lowest BCUT2D eigenvalue weighted by molar-refractivity contribution is 0.0717. The topological polar surface area (TPSA) is 66.6 Å². The molecule has 128 valence electrons. The molecule has 0 spiro atoms. The fourth-order valence-electron chi connectivity index (χ4n) is 3.41. The number of aliphatic hydroxyl groups is 1. The van der Waals surface area contributed by atoms with Crippen molar-refractivity contribution in [2.75, 3.05) is 0 Å². The Hall–Kier alpha value is -2.66. The number of aliphatic hydroxyl groups excluding tert-OH is 1. The molecule has 1 saturated carbocycles. The lowest BCUT2D eigenvalue weighted by Crippen LogP contribution is -2.45. The predicted octanol–water partition coefficient (Wildman–Crippen LogP) is 3.03. The number of pyridine rings is 1. The number of rotatable bonds is 3. The third-order valence-corrected chi connectivity index (χ3v) is 4.83. The molecule has 2 atom stereocenters. The standard InChI is InChI=1S/C20H21N3O2/c24-18-9-5-4-8-16(18)22-20(25)15-10-11-19-21-17(13-23(19)12-15)14-6-2-1-3-7-14/h1-3,6-7,10-13,16,18,24H,4-5,8-9H2,(H,22,25). The second kappa shape index (κ2) is 6.69. The molecular formula is C20H21N3O2. The zero-order valence-electron chi connectivity index (χ0n) is 13.9. The van der Waals surface area contributed by atoms with Crippen molar-refractivity contribution in [2.45, 2.75) is 37.8 Å². The molecule has 2 heterocycles. The molecule has 0 radical (unpaired) electrons. The quantitative estimate of drug-likeness (QED) is 0.773. The van der Waals surface area contributed by atoms with Crippen molar-refractivity contribution >= 4 is 11.6 Å². The van der Waals surface area contributed by atoms with Crippen LogP contribution >= 0.6 is 0 Å². The largest absolute Gasteiger partial charge is 0.391 e. The molecule has 4 rings (SSSR count). The number of nitrogens with zero attached hydrogens (tertiary/aromatic N) is 2. The number of carbonyl (C=O) groups excluding carboxylic acids is 1. The zero-order valence-corrected chi connectivity index (χ0v) is 13.9. The maximum atomic E-state index is 12.5. The SMILES string of the molecule is O=C(NC1CCCCC1O)c1ccc2nc(-c3ccccc3)cn2c1. The fourth-order valence-corrected chi connectivity index (χ4v) is 3.41. The van der Waals surface area contributed by atoms with Gasteiger partial charge in [0, 0.05) is 18.0 Å². The van der Waals surface area contributed by atoms with E-state index in [-0.39, 0.29) is 11.9 Å². The third-order valence-electron chi connectivity index (χ3n) is 4.83. The number of benzene rings is 1. The van der Waals surface area contributed by atoms with Gasteiger partial charge in [0.05, 0.1) is 23.4 Å². The van der Waals surface area contributed by atoms with Crippen molar-refractivity contribution < 1.29 is 9.90 Å². The van der Waals surface area contributed by atoms with Gasteiger partial charge in [-0.25, -0.2) is 4.98 Å². The van der Waals surface area contributed by atoms with E-state index in [2.05, 4.69) is 10.3 Å². The van der Waals surface area contributed by atoms with Gasteiger partial charge < -0.3 is 14.8 Å². The van der Waals surface area contributed by atoms with Gasteiger partial charge in [0.15, 0.2) is 0 Å². The van der Waals surface area contributed by atoms with Crippen molar-refractivity contribution in [1.29, 1.82) is 0 Å². The second-order valence-electron chi connectivity index (χ2n) is 6.61. The van der Waals surface area contributed by atoms with Crippen LogP contribution in [0.3, 0.4) is 0 Å². The molecule has 1 aliphatic carbocycles. The van der Waals surface area contributed by atoms with Crippen LogP contribution in [0.25, 0.3) is 16.9 Å². The van der Waals surface area contributed by atoms with Crippen LogP contribution in [0.1, 0.15) is 36.0 Å². The Morgan fingerprint density at radius 1 is 1.08 bits per heavy atom. The molecule has 0 saturated heterocycles. The van der Waals surface area contributed by atoms with E-state index in [1.54, 1.807) is 12.3 Å². The number of imidazole rings is 1. The number of amides is 1. The van der Waals surface area contributed by atoms with Crippen LogP contribution in [0.4, 0.5) is 0 Å². The first kappa shape index (κ1) is 15.8. The second-order valence-corrected chi connectivity index (χ2v) is 6.61. The number of fused-ring (bicyclic) bond motifs is 1. The summed E-state index contributed by atoms with van der Waals surface area (Å²) in [5.74, 6) is -0.150. The van der Waals surface area contributed by atoms with E-state index >= 15 is 0 Å². The lowest BCUT2D eigenvalue weighted by atomic mass is 9.92. The minimum atomic E-state index is -0.445. The van der Waals surface area contributed by atoms with E-state index in [1.165, 1.54) is 0 Å². The summed E-state index contributed by atoms with van der Waals surface area (Å²) in [4.78, 5) is 17.1. The number of carbonyl (C=O) groups is 1. The molecule has 3 aromatic rings. The molecular weight excluding hydrogens is 314 g/mol. The van der Waals surface area contributed by atoms with Gasteiger partial charge in [-0.3, -0.25) is 4.79 Å². The van der Waals surface area contributed by atoms with Crippen LogP contribution in [0.15, 0.2) is 54.9 Å². The van der Waals surface area contributed by atoms with E-state index in [9.17, 15) is 9.90 Å². The first-order valence-electron chi connectivity index (χ1n) is 8.74. The maximum Gasteiger partial charge on any atom is 0.253 e. The summed E-state index contributed by atoms with van der Waals surface area (Å²) >= 11 is 0. The zero-order chi connectivity index (χ0) is 17.2. The van der Waals surface area contributed by atoms with Crippen molar-refractivity contribution in [3.8, 4) is 11.3 Å². The maximum absolute atomic E-state index is 12.5. The summed E-state index contributed by atoms with van der Waals surface area (Å²) in [6, 6.07) is 13.4. The summed E-state index contributed by atoms with van der Waals surface area (Å²) in [6.45, 7) is 0. The van der Waals surface area contributed by atoms with Gasteiger partial charge in [0.25, 0.3) is 5.91 Å². The Balaban J connectivity index is 1.57. The average molecular weight is 335 g/mol. The highest BCUT2D eigenvalue weighted by Crippen LogP contribution is 2.20. The van der Waals surface area contributed by atoms with Gasteiger partial charge in [0.2, 0.25) is 0 Å². The van der Waals surface area contributed by atoms with Crippen molar-refractivity contribution in [3.63, 3.8) is 0 Å². The average Bonchev–Trinajstić information content (AvgIpc) is 3.07. The molecule has 25 heavy (non-hydrogen) atoms. The predicted molar refractivity (Wildman–Crippen MR) is 96.4 cm³/mol. The molecule has 1 aromatic carbocycles. The van der Waals surface area contributed by atoms with Crippen LogP contribution < -0.4 is 5.32 Å². The first-order valence-corrected chi connectivity index (χ1v) is 8.74. The summed E-state index contributed by atoms with van der Waals surface area (Å²) in [5, 5.41) is 13.0. The smallest absolute Gasteiger partial charge is 0.253 e. The number of hydrogen-bond acceptors (Lipinski definition) is 3. The van der Waals surface area contributed by atoms with Gasteiger partial charge >= 0.3 is 0 Å². The summed E-state index contributed by atoms with van der Waals surface area (Å²) < 4.78 is 1.87. The van der Waals surface area contributed by atoms with Crippen LogP contribution in [0, 0.1) is 0 Å². The van der Waals surface area contributed by atoms with Crippen molar-refractivity contribution in [2.24, 2.45) is 0 Å². The molecule has 1 amide bonds. The molecule has 5 nitrogen and oxygen atoms in total. The molecule has 5 heteroatoms. The molecule has 1 fully saturated rings. The van der Waals surface area contributed by atoms with E-state index in [0.717, 1.165) is 42.6 Å². The fraction of sp³-hybridized carbons (Fsp3) is 0.300. The Bertz CT molecular complexity index is 888. The summed E-state index contributed by atoms with van der Waals surface area (Å²) in [7, 11) is 0. The Morgan fingerprint density at radius 2 is 1.88 bits per heavy atom.